The van der Waals surface area contributed by atoms with Crippen molar-refractivity contribution in [2.24, 2.45) is 4.99 Å². The van der Waals surface area contributed by atoms with E-state index in [9.17, 15) is 0 Å². The van der Waals surface area contributed by atoms with Gasteiger partial charge in [0.2, 0.25) is 0 Å². The number of hydrogen-bond acceptors (Lipinski definition) is 3. The minimum atomic E-state index is -0.216. The van der Waals surface area contributed by atoms with Crippen molar-refractivity contribution in [1.29, 1.82) is 0 Å². The Morgan fingerprint density at radius 2 is 2.04 bits per heavy atom. The van der Waals surface area contributed by atoms with Gasteiger partial charge in [0.1, 0.15) is 5.82 Å². The van der Waals surface area contributed by atoms with E-state index in [0.29, 0.717) is 6.54 Å². The number of nitrogens with one attached hydrogen (secondary N) is 3. The summed E-state index contributed by atoms with van der Waals surface area (Å²) in [6.45, 7) is 5.61. The molecule has 1 aromatic heterocycles. The molecule has 0 atom stereocenters. The van der Waals surface area contributed by atoms with E-state index in [0.717, 1.165) is 42.2 Å². The van der Waals surface area contributed by atoms with Crippen LogP contribution >= 0.6 is 24.0 Å². The number of halogens is 1. The van der Waals surface area contributed by atoms with E-state index >= 15 is 0 Å². The van der Waals surface area contributed by atoms with E-state index in [1.54, 1.807) is 14.2 Å². The summed E-state index contributed by atoms with van der Waals surface area (Å²) >= 11 is 0. The lowest BCUT2D eigenvalue weighted by Crippen LogP contribution is -2.45. The summed E-state index contributed by atoms with van der Waals surface area (Å²) in [4.78, 5) is 12.2. The number of aliphatic imine (C=N–C) groups is 1. The molecular weight excluding hydrogens is 417 g/mol. The molecule has 6 nitrogen and oxygen atoms in total. The first-order chi connectivity index (χ1) is 11.0. The average Bonchev–Trinajstić information content (AvgIpc) is 2.97. The summed E-state index contributed by atoms with van der Waals surface area (Å²) < 4.78 is 5.39. The minimum Gasteiger partial charge on any atom is -0.377 e. The third-order valence-electron chi connectivity index (χ3n) is 3.78. The van der Waals surface area contributed by atoms with Crippen molar-refractivity contribution >= 4 is 41.0 Å². The fourth-order valence-electron chi connectivity index (χ4n) is 2.18. The topological polar surface area (TPSA) is 74.3 Å². The molecule has 3 N–H and O–H groups in total. The van der Waals surface area contributed by atoms with Gasteiger partial charge in [0.25, 0.3) is 0 Å². The van der Waals surface area contributed by atoms with Gasteiger partial charge < -0.3 is 20.4 Å². The van der Waals surface area contributed by atoms with E-state index in [4.69, 9.17) is 4.74 Å². The van der Waals surface area contributed by atoms with Crippen LogP contribution in [-0.4, -0.2) is 48.8 Å². The molecule has 0 fully saturated rings. The number of para-hydroxylation sites is 2. The number of benzene rings is 1. The SMILES string of the molecule is CN=C(NCCCc1nc2ccccc2[nH]1)NCC(C)(C)OC.I. The molecule has 0 saturated carbocycles. The molecule has 24 heavy (non-hydrogen) atoms. The Morgan fingerprint density at radius 1 is 1.29 bits per heavy atom. The smallest absolute Gasteiger partial charge is 0.191 e. The van der Waals surface area contributed by atoms with Gasteiger partial charge in [-0.2, -0.15) is 0 Å². The lowest BCUT2D eigenvalue weighted by Gasteiger charge is -2.24. The Labute approximate surface area is 160 Å². The number of aromatic amines is 1. The van der Waals surface area contributed by atoms with Gasteiger partial charge in [-0.1, -0.05) is 12.1 Å². The van der Waals surface area contributed by atoms with Gasteiger partial charge in [-0.15, -0.1) is 24.0 Å². The largest absolute Gasteiger partial charge is 0.377 e. The van der Waals surface area contributed by atoms with Gasteiger partial charge in [-0.3, -0.25) is 4.99 Å². The maximum Gasteiger partial charge on any atom is 0.191 e. The van der Waals surface area contributed by atoms with Gasteiger partial charge in [0, 0.05) is 33.7 Å². The molecule has 0 unspecified atom stereocenters. The third kappa shape index (κ3) is 6.27. The zero-order valence-electron chi connectivity index (χ0n) is 14.8. The molecule has 0 saturated heterocycles. The van der Waals surface area contributed by atoms with Crippen LogP contribution < -0.4 is 10.6 Å². The number of methoxy groups -OCH3 is 1. The summed E-state index contributed by atoms with van der Waals surface area (Å²) in [7, 11) is 3.49. The second kappa shape index (κ2) is 9.83. The molecule has 0 radical (unpaired) electrons. The molecule has 1 heterocycles. The number of guanidine groups is 1. The van der Waals surface area contributed by atoms with Crippen molar-refractivity contribution in [3.63, 3.8) is 0 Å². The number of ether oxygens (including phenoxy) is 1. The van der Waals surface area contributed by atoms with Crippen molar-refractivity contribution in [2.75, 3.05) is 27.2 Å². The van der Waals surface area contributed by atoms with Gasteiger partial charge >= 0.3 is 0 Å². The third-order valence-corrected chi connectivity index (χ3v) is 3.78. The zero-order chi connectivity index (χ0) is 16.7. The molecule has 0 aliphatic carbocycles. The standard InChI is InChI=1S/C17H27N5O.HI/c1-17(2,23-4)12-20-16(18-3)19-11-7-10-15-21-13-8-5-6-9-14(13)22-15;/h5-6,8-9H,7,10-12H2,1-4H3,(H,21,22)(H2,18,19,20);1H. The highest BCUT2D eigenvalue weighted by Crippen LogP contribution is 2.11. The first-order valence-electron chi connectivity index (χ1n) is 7.97. The Bertz CT molecular complexity index is 620. The molecule has 7 heteroatoms. The Balaban J connectivity index is 0.00000288. The predicted octanol–water partition coefficient (Wildman–Crippen LogP) is 2.70. The monoisotopic (exact) mass is 445 g/mol. The zero-order valence-corrected chi connectivity index (χ0v) is 17.2. The van der Waals surface area contributed by atoms with Crippen LogP contribution in [0.2, 0.25) is 0 Å². The summed E-state index contributed by atoms with van der Waals surface area (Å²) in [6.07, 6.45) is 1.89. The number of aryl methyl sites for hydroxylation is 1. The van der Waals surface area contributed by atoms with Crippen molar-refractivity contribution < 1.29 is 4.74 Å². The lowest BCUT2D eigenvalue weighted by molar-refractivity contribution is 0.0268. The van der Waals surface area contributed by atoms with Crippen molar-refractivity contribution in [3.05, 3.63) is 30.1 Å². The van der Waals surface area contributed by atoms with Crippen LogP contribution in [0.1, 0.15) is 26.1 Å². The molecule has 1 aromatic carbocycles. The summed E-state index contributed by atoms with van der Waals surface area (Å²) in [5, 5.41) is 6.58. The van der Waals surface area contributed by atoms with Crippen LogP contribution in [0, 0.1) is 0 Å². The van der Waals surface area contributed by atoms with Crippen LogP contribution in [0.4, 0.5) is 0 Å². The van der Waals surface area contributed by atoms with Gasteiger partial charge in [-0.05, 0) is 32.4 Å². The van der Waals surface area contributed by atoms with Gasteiger partial charge in [0.05, 0.1) is 16.6 Å². The molecule has 2 aromatic rings. The molecule has 0 spiro atoms. The molecule has 0 amide bonds. The molecule has 134 valence electrons. The molecule has 0 aliphatic heterocycles. The van der Waals surface area contributed by atoms with Crippen LogP contribution in [-0.2, 0) is 11.2 Å². The fraction of sp³-hybridized carbons (Fsp3) is 0.529. The Morgan fingerprint density at radius 3 is 2.71 bits per heavy atom. The van der Waals surface area contributed by atoms with E-state index in [1.165, 1.54) is 0 Å². The lowest BCUT2D eigenvalue weighted by atomic mass is 10.1. The molecule has 0 aliphatic rings. The van der Waals surface area contributed by atoms with Crippen LogP contribution in [0.25, 0.3) is 11.0 Å². The Hall–Kier alpha value is -1.35. The Kier molecular flexibility index (Phi) is 8.47. The van der Waals surface area contributed by atoms with Crippen molar-refractivity contribution in [2.45, 2.75) is 32.3 Å². The van der Waals surface area contributed by atoms with Gasteiger partial charge in [0.15, 0.2) is 5.96 Å². The normalized spacial score (nSPS) is 12.1. The number of H-pyrrole nitrogens is 1. The number of fused-ring (bicyclic) bond motifs is 1. The second-order valence-electron chi connectivity index (χ2n) is 6.12. The first-order valence-corrected chi connectivity index (χ1v) is 7.97. The van der Waals surface area contributed by atoms with Gasteiger partial charge in [-0.25, -0.2) is 4.98 Å². The molecular formula is C17H28IN5O. The van der Waals surface area contributed by atoms with E-state index in [-0.39, 0.29) is 29.6 Å². The maximum absolute atomic E-state index is 5.39. The number of imidazole rings is 1. The number of hydrogen-bond donors (Lipinski definition) is 3. The average molecular weight is 445 g/mol. The van der Waals surface area contributed by atoms with Crippen LogP contribution in [0.3, 0.4) is 0 Å². The van der Waals surface area contributed by atoms with Crippen molar-refractivity contribution in [3.8, 4) is 0 Å². The van der Waals surface area contributed by atoms with Crippen molar-refractivity contribution in [1.82, 2.24) is 20.6 Å². The minimum absolute atomic E-state index is 0. The quantitative estimate of drug-likeness (QED) is 0.265. The maximum atomic E-state index is 5.39. The number of nitrogens with zero attached hydrogens (tertiary/aromatic N) is 2. The highest BCUT2D eigenvalue weighted by Gasteiger charge is 2.16. The van der Waals surface area contributed by atoms with Crippen LogP contribution in [0.5, 0.6) is 0 Å². The highest BCUT2D eigenvalue weighted by atomic mass is 127. The second-order valence-corrected chi connectivity index (χ2v) is 6.12. The summed E-state index contributed by atoms with van der Waals surface area (Å²) in [5.41, 5.74) is 1.90. The fourth-order valence-corrected chi connectivity index (χ4v) is 2.18. The summed E-state index contributed by atoms with van der Waals surface area (Å²) in [5.74, 6) is 1.82. The number of rotatable bonds is 7. The molecule has 0 bridgehead atoms. The van der Waals surface area contributed by atoms with E-state index in [1.807, 2.05) is 38.1 Å². The predicted molar refractivity (Wildman–Crippen MR) is 110 cm³/mol. The first kappa shape index (κ1) is 20.7. The molecule has 2 rings (SSSR count). The number of aromatic nitrogens is 2. The van der Waals surface area contributed by atoms with E-state index in [2.05, 4.69) is 25.6 Å². The van der Waals surface area contributed by atoms with E-state index < -0.39 is 0 Å². The highest BCUT2D eigenvalue weighted by molar-refractivity contribution is 14.0. The van der Waals surface area contributed by atoms with Crippen LogP contribution in [0.15, 0.2) is 29.3 Å². The summed E-state index contributed by atoms with van der Waals surface area (Å²) in [6, 6.07) is 8.10.